The van der Waals surface area contributed by atoms with E-state index in [9.17, 15) is 14.7 Å². The van der Waals surface area contributed by atoms with Crippen LogP contribution in [0.3, 0.4) is 0 Å². The van der Waals surface area contributed by atoms with Crippen molar-refractivity contribution in [2.75, 3.05) is 33.8 Å². The summed E-state index contributed by atoms with van der Waals surface area (Å²) in [6.07, 6.45) is 3.78. The van der Waals surface area contributed by atoms with Gasteiger partial charge in [0.15, 0.2) is 0 Å². The Balaban J connectivity index is 2.05. The lowest BCUT2D eigenvalue weighted by Crippen LogP contribution is -2.32. The maximum atomic E-state index is 12.9. The van der Waals surface area contributed by atoms with Crippen LogP contribution in [0.1, 0.15) is 30.5 Å². The highest BCUT2D eigenvalue weighted by molar-refractivity contribution is 6.46. The topological polar surface area (TPSA) is 83.0 Å². The third-order valence-corrected chi connectivity index (χ3v) is 5.00. The molecule has 2 aromatic rings. The van der Waals surface area contributed by atoms with Crippen molar-refractivity contribution in [3.05, 3.63) is 65.5 Å². The van der Waals surface area contributed by atoms with Gasteiger partial charge in [0.2, 0.25) is 0 Å². The highest BCUT2D eigenvalue weighted by Gasteiger charge is 2.45. The molecule has 1 aromatic heterocycles. The minimum atomic E-state index is -0.673. The molecule has 1 aromatic carbocycles. The standard InChI is InChI=1S/C23H27N3O4/c1-4-30-18-8-6-16(7-9-18)20-19(21(27)17-10-12-24-13-11-17)22(28)23(29)26(20)15-5-14-25(2)3/h6-13,20,27H,4-5,14-15H2,1-3H3/b21-19+. The van der Waals surface area contributed by atoms with Crippen molar-refractivity contribution in [3.63, 3.8) is 0 Å². The van der Waals surface area contributed by atoms with E-state index < -0.39 is 17.7 Å². The fourth-order valence-corrected chi connectivity index (χ4v) is 3.59. The quantitative estimate of drug-likeness (QED) is 0.410. The van der Waals surface area contributed by atoms with Gasteiger partial charge in [0.25, 0.3) is 11.7 Å². The van der Waals surface area contributed by atoms with Crippen LogP contribution in [-0.4, -0.2) is 65.4 Å². The molecule has 30 heavy (non-hydrogen) atoms. The number of aromatic nitrogens is 1. The van der Waals surface area contributed by atoms with Crippen LogP contribution in [0.2, 0.25) is 0 Å². The first-order valence-corrected chi connectivity index (χ1v) is 10.00. The zero-order valence-electron chi connectivity index (χ0n) is 17.5. The molecule has 0 bridgehead atoms. The number of Topliss-reactive ketones (excluding diaryl/α,β-unsaturated/α-hetero) is 1. The molecule has 0 saturated carbocycles. The zero-order chi connectivity index (χ0) is 21.7. The number of hydrogen-bond acceptors (Lipinski definition) is 6. The van der Waals surface area contributed by atoms with Crippen molar-refractivity contribution in [2.45, 2.75) is 19.4 Å². The number of amides is 1. The first-order valence-electron chi connectivity index (χ1n) is 10.00. The van der Waals surface area contributed by atoms with Gasteiger partial charge in [0.1, 0.15) is 11.5 Å². The average molecular weight is 409 g/mol. The van der Waals surface area contributed by atoms with Crippen LogP contribution in [0.5, 0.6) is 5.75 Å². The summed E-state index contributed by atoms with van der Waals surface area (Å²) in [5.41, 5.74) is 1.30. The van der Waals surface area contributed by atoms with Crippen LogP contribution in [0.4, 0.5) is 0 Å². The van der Waals surface area contributed by atoms with Crippen LogP contribution in [0.15, 0.2) is 54.4 Å². The molecule has 158 valence electrons. The maximum Gasteiger partial charge on any atom is 0.295 e. The van der Waals surface area contributed by atoms with E-state index in [1.807, 2.05) is 50.2 Å². The number of hydrogen-bond donors (Lipinski definition) is 1. The number of ether oxygens (including phenoxy) is 1. The molecule has 0 aliphatic carbocycles. The SMILES string of the molecule is CCOc1ccc(C2/C(=C(\O)c3ccncc3)C(=O)C(=O)N2CCCN(C)C)cc1. The fraction of sp³-hybridized carbons (Fsp3) is 0.348. The van der Waals surface area contributed by atoms with Gasteiger partial charge in [-0.1, -0.05) is 12.1 Å². The van der Waals surface area contributed by atoms with Crippen LogP contribution in [0, 0.1) is 0 Å². The third-order valence-electron chi connectivity index (χ3n) is 5.00. The Morgan fingerprint density at radius 1 is 1.13 bits per heavy atom. The van der Waals surface area contributed by atoms with E-state index in [4.69, 9.17) is 4.74 Å². The highest BCUT2D eigenvalue weighted by Crippen LogP contribution is 2.39. The first kappa shape index (κ1) is 21.5. The predicted molar refractivity (Wildman–Crippen MR) is 114 cm³/mol. The number of pyridine rings is 1. The number of aliphatic hydroxyl groups is 1. The van der Waals surface area contributed by atoms with Gasteiger partial charge in [0, 0.05) is 24.5 Å². The van der Waals surface area contributed by atoms with E-state index in [2.05, 4.69) is 4.98 Å². The molecule has 0 radical (unpaired) electrons. The summed E-state index contributed by atoms with van der Waals surface area (Å²) in [7, 11) is 3.92. The van der Waals surface area contributed by atoms with Crippen LogP contribution >= 0.6 is 0 Å². The molecule has 1 amide bonds. The van der Waals surface area contributed by atoms with Crippen molar-refractivity contribution in [1.29, 1.82) is 0 Å². The number of carbonyl (C=O) groups excluding carboxylic acids is 2. The number of ketones is 1. The Kier molecular flexibility index (Phi) is 6.84. The second-order valence-corrected chi connectivity index (χ2v) is 7.39. The Bertz CT molecular complexity index is 923. The van der Waals surface area contributed by atoms with Gasteiger partial charge in [-0.2, -0.15) is 0 Å². The Labute approximate surface area is 176 Å². The lowest BCUT2D eigenvalue weighted by molar-refractivity contribution is -0.139. The van der Waals surface area contributed by atoms with Gasteiger partial charge >= 0.3 is 0 Å². The lowest BCUT2D eigenvalue weighted by atomic mass is 9.95. The van der Waals surface area contributed by atoms with Crippen molar-refractivity contribution in [2.24, 2.45) is 0 Å². The molecular weight excluding hydrogens is 382 g/mol. The minimum absolute atomic E-state index is 0.0974. The Hall–Kier alpha value is -3.19. The van der Waals surface area contributed by atoms with Gasteiger partial charge in [-0.15, -0.1) is 0 Å². The van der Waals surface area contributed by atoms with Gasteiger partial charge in [0.05, 0.1) is 18.2 Å². The monoisotopic (exact) mass is 409 g/mol. The fourth-order valence-electron chi connectivity index (χ4n) is 3.59. The smallest absolute Gasteiger partial charge is 0.295 e. The lowest BCUT2D eigenvalue weighted by Gasteiger charge is -2.26. The molecular formula is C23H27N3O4. The number of benzene rings is 1. The summed E-state index contributed by atoms with van der Waals surface area (Å²) in [6, 6.07) is 9.86. The van der Waals surface area contributed by atoms with E-state index in [1.54, 1.807) is 17.0 Å². The molecule has 7 nitrogen and oxygen atoms in total. The Morgan fingerprint density at radius 2 is 1.80 bits per heavy atom. The van der Waals surface area contributed by atoms with Gasteiger partial charge in [-0.3, -0.25) is 14.6 Å². The Morgan fingerprint density at radius 3 is 2.40 bits per heavy atom. The molecule has 2 heterocycles. The van der Waals surface area contributed by atoms with E-state index in [1.165, 1.54) is 12.4 Å². The van der Waals surface area contributed by atoms with Crippen LogP contribution < -0.4 is 4.74 Å². The summed E-state index contributed by atoms with van der Waals surface area (Å²) >= 11 is 0. The molecule has 1 aliphatic rings. The summed E-state index contributed by atoms with van der Waals surface area (Å²) in [6.45, 7) is 3.64. The molecule has 1 atom stereocenters. The molecule has 1 unspecified atom stereocenters. The largest absolute Gasteiger partial charge is 0.507 e. The summed E-state index contributed by atoms with van der Waals surface area (Å²) < 4.78 is 5.51. The van der Waals surface area contributed by atoms with E-state index in [0.717, 1.165) is 12.1 Å². The summed E-state index contributed by atoms with van der Waals surface area (Å²) in [5.74, 6) is -0.749. The normalized spacial score (nSPS) is 18.3. The predicted octanol–water partition coefficient (Wildman–Crippen LogP) is 2.85. The summed E-state index contributed by atoms with van der Waals surface area (Å²) in [4.78, 5) is 33.3. The van der Waals surface area contributed by atoms with Gasteiger partial charge in [-0.05, 0) is 63.8 Å². The molecule has 3 rings (SSSR count). The zero-order valence-corrected chi connectivity index (χ0v) is 17.5. The number of carbonyl (C=O) groups is 2. The molecule has 7 heteroatoms. The second kappa shape index (κ2) is 9.54. The maximum absolute atomic E-state index is 12.9. The minimum Gasteiger partial charge on any atom is -0.507 e. The van der Waals surface area contributed by atoms with Crippen LogP contribution in [-0.2, 0) is 9.59 Å². The number of rotatable bonds is 8. The van der Waals surface area contributed by atoms with Crippen molar-refractivity contribution >= 4 is 17.4 Å². The van der Waals surface area contributed by atoms with E-state index in [0.29, 0.717) is 30.9 Å². The van der Waals surface area contributed by atoms with Gasteiger partial charge in [-0.25, -0.2) is 0 Å². The number of aliphatic hydroxyl groups excluding tert-OH is 1. The number of nitrogens with zero attached hydrogens (tertiary/aromatic N) is 3. The number of likely N-dealkylation sites (tertiary alicyclic amines) is 1. The first-order chi connectivity index (χ1) is 14.4. The summed E-state index contributed by atoms with van der Waals surface area (Å²) in [5, 5.41) is 10.9. The highest BCUT2D eigenvalue weighted by atomic mass is 16.5. The third kappa shape index (κ3) is 4.52. The van der Waals surface area contributed by atoms with Crippen molar-refractivity contribution < 1.29 is 19.4 Å². The molecule has 0 spiro atoms. The van der Waals surface area contributed by atoms with Crippen molar-refractivity contribution in [3.8, 4) is 5.75 Å². The molecule has 1 aliphatic heterocycles. The van der Waals surface area contributed by atoms with Crippen LogP contribution in [0.25, 0.3) is 5.76 Å². The van der Waals surface area contributed by atoms with Gasteiger partial charge < -0.3 is 19.6 Å². The average Bonchev–Trinajstić information content (AvgIpc) is 2.99. The van der Waals surface area contributed by atoms with Crippen molar-refractivity contribution in [1.82, 2.24) is 14.8 Å². The molecule has 1 saturated heterocycles. The van der Waals surface area contributed by atoms with E-state index >= 15 is 0 Å². The molecule has 1 N–H and O–H groups in total. The van der Waals surface area contributed by atoms with E-state index in [-0.39, 0.29) is 11.3 Å². The second-order valence-electron chi connectivity index (χ2n) is 7.39. The molecule has 1 fully saturated rings.